The van der Waals surface area contributed by atoms with E-state index in [1.165, 1.54) is 5.56 Å². The number of hydrogen-bond acceptors (Lipinski definition) is 2. The smallest absolute Gasteiger partial charge is 0.255 e. The van der Waals surface area contributed by atoms with Gasteiger partial charge in [0.05, 0.1) is 16.3 Å². The Labute approximate surface area is 130 Å². The maximum atomic E-state index is 12.4. The number of nitrogen functional groups attached to an aromatic ring is 1. The van der Waals surface area contributed by atoms with Crippen LogP contribution in [0.1, 0.15) is 28.4 Å². The molecule has 0 aliphatic heterocycles. The van der Waals surface area contributed by atoms with Gasteiger partial charge in [0, 0.05) is 13.6 Å². The van der Waals surface area contributed by atoms with Crippen molar-refractivity contribution in [1.82, 2.24) is 4.90 Å². The van der Waals surface area contributed by atoms with Gasteiger partial charge in [0.25, 0.3) is 5.91 Å². The second kappa shape index (κ2) is 6.64. The largest absolute Gasteiger partial charge is 0.398 e. The van der Waals surface area contributed by atoms with Crippen LogP contribution in [0.2, 0.25) is 5.02 Å². The normalized spacial score (nSPS) is 10.4. The topological polar surface area (TPSA) is 46.3 Å². The Bertz CT molecular complexity index is 638. The highest BCUT2D eigenvalue weighted by Gasteiger charge is 2.16. The third-order valence-electron chi connectivity index (χ3n) is 3.46. The molecule has 0 fully saturated rings. The van der Waals surface area contributed by atoms with Crippen LogP contribution in [0.5, 0.6) is 0 Å². The predicted octanol–water partition coefficient (Wildman–Crippen LogP) is 3.76. The summed E-state index contributed by atoms with van der Waals surface area (Å²) < 4.78 is 0. The molecule has 0 atom stereocenters. The zero-order chi connectivity index (χ0) is 15.4. The van der Waals surface area contributed by atoms with Gasteiger partial charge >= 0.3 is 0 Å². The van der Waals surface area contributed by atoms with E-state index in [4.69, 9.17) is 17.3 Å². The summed E-state index contributed by atoms with van der Waals surface area (Å²) in [5.41, 5.74) is 8.96. The third kappa shape index (κ3) is 3.56. The Hall–Kier alpha value is -2.00. The molecule has 2 aromatic rings. The van der Waals surface area contributed by atoms with Gasteiger partial charge in [0.15, 0.2) is 0 Å². The molecule has 0 spiro atoms. The Morgan fingerprint density at radius 1 is 1.14 bits per heavy atom. The zero-order valence-corrected chi connectivity index (χ0v) is 13.0. The van der Waals surface area contributed by atoms with Crippen molar-refractivity contribution in [2.75, 3.05) is 12.8 Å². The predicted molar refractivity (Wildman–Crippen MR) is 87.5 cm³/mol. The van der Waals surface area contributed by atoms with Crippen LogP contribution < -0.4 is 5.73 Å². The van der Waals surface area contributed by atoms with Crippen molar-refractivity contribution < 1.29 is 4.79 Å². The molecule has 0 radical (unpaired) electrons. The van der Waals surface area contributed by atoms with E-state index in [-0.39, 0.29) is 5.91 Å². The SMILES string of the molecule is CCc1ccc(CN(C)C(=O)c2cccc(N)c2Cl)cc1. The molecule has 0 saturated carbocycles. The summed E-state index contributed by atoms with van der Waals surface area (Å²) in [4.78, 5) is 14.1. The van der Waals surface area contributed by atoms with Gasteiger partial charge in [0.2, 0.25) is 0 Å². The van der Waals surface area contributed by atoms with Gasteiger partial charge in [-0.05, 0) is 29.7 Å². The lowest BCUT2D eigenvalue weighted by Crippen LogP contribution is -2.26. The highest BCUT2D eigenvalue weighted by molar-refractivity contribution is 6.36. The Morgan fingerprint density at radius 2 is 1.76 bits per heavy atom. The summed E-state index contributed by atoms with van der Waals surface area (Å²) in [6, 6.07) is 13.4. The number of benzene rings is 2. The molecule has 0 aromatic heterocycles. The van der Waals surface area contributed by atoms with E-state index in [0.717, 1.165) is 12.0 Å². The van der Waals surface area contributed by atoms with Gasteiger partial charge in [-0.3, -0.25) is 4.79 Å². The molecular weight excluding hydrogens is 284 g/mol. The first-order valence-electron chi connectivity index (χ1n) is 6.90. The van der Waals surface area contributed by atoms with Gasteiger partial charge in [0.1, 0.15) is 0 Å². The minimum Gasteiger partial charge on any atom is -0.398 e. The zero-order valence-electron chi connectivity index (χ0n) is 12.3. The van der Waals surface area contributed by atoms with Crippen LogP contribution in [-0.2, 0) is 13.0 Å². The van der Waals surface area contributed by atoms with Gasteiger partial charge in [-0.15, -0.1) is 0 Å². The molecule has 2 aromatic carbocycles. The molecule has 2 N–H and O–H groups in total. The number of rotatable bonds is 4. The van der Waals surface area contributed by atoms with E-state index in [1.807, 2.05) is 12.1 Å². The van der Waals surface area contributed by atoms with Crippen LogP contribution in [0.4, 0.5) is 5.69 Å². The summed E-state index contributed by atoms with van der Waals surface area (Å²) in [6.45, 7) is 2.65. The number of anilines is 1. The first-order valence-corrected chi connectivity index (χ1v) is 7.28. The molecule has 4 heteroatoms. The Kier molecular flexibility index (Phi) is 4.86. The van der Waals surface area contributed by atoms with Gasteiger partial charge in [-0.1, -0.05) is 48.9 Å². The van der Waals surface area contributed by atoms with Gasteiger partial charge < -0.3 is 10.6 Å². The second-order valence-corrected chi connectivity index (χ2v) is 5.42. The average molecular weight is 303 g/mol. The van der Waals surface area contributed by atoms with Gasteiger partial charge in [-0.2, -0.15) is 0 Å². The minimum atomic E-state index is -0.133. The molecule has 1 amide bonds. The lowest BCUT2D eigenvalue weighted by Gasteiger charge is -2.18. The molecule has 0 heterocycles. The Morgan fingerprint density at radius 3 is 2.38 bits per heavy atom. The molecule has 0 aliphatic carbocycles. The molecule has 0 unspecified atom stereocenters. The average Bonchev–Trinajstić information content (AvgIpc) is 2.50. The molecule has 0 bridgehead atoms. The standard InChI is InChI=1S/C17H19ClN2O/c1-3-12-7-9-13(10-8-12)11-20(2)17(21)14-5-4-6-15(19)16(14)18/h4-10H,3,11,19H2,1-2H3. The van der Waals surface area contributed by atoms with Crippen LogP contribution in [0.15, 0.2) is 42.5 Å². The molecular formula is C17H19ClN2O. The van der Waals surface area contributed by atoms with Crippen molar-refractivity contribution in [3.8, 4) is 0 Å². The molecule has 3 nitrogen and oxygen atoms in total. The van der Waals surface area contributed by atoms with E-state index in [0.29, 0.717) is 22.8 Å². The van der Waals surface area contributed by atoms with E-state index in [2.05, 4.69) is 19.1 Å². The summed E-state index contributed by atoms with van der Waals surface area (Å²) in [6.07, 6.45) is 1.01. The number of carbonyl (C=O) groups excluding carboxylic acids is 1. The van der Waals surface area contributed by atoms with Crippen LogP contribution in [0.25, 0.3) is 0 Å². The number of nitrogens with two attached hydrogens (primary N) is 1. The highest BCUT2D eigenvalue weighted by atomic mass is 35.5. The fourth-order valence-corrected chi connectivity index (χ4v) is 2.35. The maximum Gasteiger partial charge on any atom is 0.255 e. The van der Waals surface area contributed by atoms with Gasteiger partial charge in [-0.25, -0.2) is 0 Å². The fraction of sp³-hybridized carbons (Fsp3) is 0.235. The third-order valence-corrected chi connectivity index (χ3v) is 3.88. The lowest BCUT2D eigenvalue weighted by atomic mass is 10.1. The fourth-order valence-electron chi connectivity index (χ4n) is 2.15. The van der Waals surface area contributed by atoms with Crippen molar-refractivity contribution in [2.24, 2.45) is 0 Å². The monoisotopic (exact) mass is 302 g/mol. The number of amides is 1. The minimum absolute atomic E-state index is 0.133. The molecule has 21 heavy (non-hydrogen) atoms. The van der Waals surface area contributed by atoms with Crippen molar-refractivity contribution in [2.45, 2.75) is 19.9 Å². The lowest BCUT2D eigenvalue weighted by molar-refractivity contribution is 0.0785. The number of halogens is 1. The van der Waals surface area contributed by atoms with E-state index < -0.39 is 0 Å². The van der Waals surface area contributed by atoms with Crippen molar-refractivity contribution in [3.63, 3.8) is 0 Å². The first-order chi connectivity index (χ1) is 10.0. The van der Waals surface area contributed by atoms with Crippen LogP contribution in [0, 0.1) is 0 Å². The summed E-state index contributed by atoms with van der Waals surface area (Å²) in [5, 5.41) is 0.315. The first kappa shape index (κ1) is 15.4. The van der Waals surface area contributed by atoms with E-state index in [9.17, 15) is 4.79 Å². The Balaban J connectivity index is 2.13. The van der Waals surface area contributed by atoms with Crippen molar-refractivity contribution >= 4 is 23.2 Å². The van der Waals surface area contributed by atoms with Crippen LogP contribution in [0.3, 0.4) is 0 Å². The van der Waals surface area contributed by atoms with E-state index in [1.54, 1.807) is 30.1 Å². The van der Waals surface area contributed by atoms with E-state index >= 15 is 0 Å². The molecule has 0 aliphatic rings. The quantitative estimate of drug-likeness (QED) is 0.874. The van der Waals surface area contributed by atoms with Crippen LogP contribution in [-0.4, -0.2) is 17.9 Å². The van der Waals surface area contributed by atoms with Crippen molar-refractivity contribution in [1.29, 1.82) is 0 Å². The highest BCUT2D eigenvalue weighted by Crippen LogP contribution is 2.24. The van der Waals surface area contributed by atoms with Crippen LogP contribution >= 0.6 is 11.6 Å². The second-order valence-electron chi connectivity index (χ2n) is 5.04. The maximum absolute atomic E-state index is 12.4. The number of hydrogen-bond donors (Lipinski definition) is 1. The number of nitrogens with zero attached hydrogens (tertiary/aromatic N) is 1. The number of carbonyl (C=O) groups is 1. The molecule has 0 saturated heterocycles. The summed E-state index contributed by atoms with van der Waals surface area (Å²) >= 11 is 6.10. The summed E-state index contributed by atoms with van der Waals surface area (Å²) in [7, 11) is 1.76. The molecule has 110 valence electrons. The molecule has 2 rings (SSSR count). The number of aryl methyl sites for hydroxylation is 1. The summed E-state index contributed by atoms with van der Waals surface area (Å²) in [5.74, 6) is -0.133. The van der Waals surface area contributed by atoms with Crippen molar-refractivity contribution in [3.05, 3.63) is 64.2 Å².